The molecule has 1 saturated carbocycles. The first-order chi connectivity index (χ1) is 19.8. The number of halogens is 1. The van der Waals surface area contributed by atoms with Crippen LogP contribution >= 0.6 is 0 Å². The maximum atomic E-state index is 14.7. The van der Waals surface area contributed by atoms with Gasteiger partial charge in [-0.05, 0) is 54.7 Å². The van der Waals surface area contributed by atoms with Crippen LogP contribution in [0, 0.1) is 17.7 Å². The van der Waals surface area contributed by atoms with Crippen molar-refractivity contribution in [2.45, 2.75) is 50.9 Å². The number of carbonyl (C=O) groups excluding carboxylic acids is 1. The van der Waals surface area contributed by atoms with Crippen molar-refractivity contribution < 1.29 is 38.3 Å². The topological polar surface area (TPSA) is 133 Å². The van der Waals surface area contributed by atoms with Crippen LogP contribution in [0.4, 0.5) is 4.39 Å². The highest BCUT2D eigenvalue weighted by atomic mass is 19.1. The number of rotatable bonds is 11. The van der Waals surface area contributed by atoms with Gasteiger partial charge in [0.25, 0.3) is 0 Å². The molecule has 3 heterocycles. The molecule has 0 bridgehead atoms. The van der Waals surface area contributed by atoms with Crippen LogP contribution in [0.3, 0.4) is 0 Å². The summed E-state index contributed by atoms with van der Waals surface area (Å²) in [6.45, 7) is 2.55. The van der Waals surface area contributed by atoms with Crippen molar-refractivity contribution in [3.63, 3.8) is 0 Å². The second-order valence-electron chi connectivity index (χ2n) is 10.4. The van der Waals surface area contributed by atoms with Crippen molar-refractivity contribution in [1.29, 1.82) is 0 Å². The highest BCUT2D eigenvalue weighted by molar-refractivity contribution is 5.73. The van der Waals surface area contributed by atoms with E-state index in [0.29, 0.717) is 31.1 Å². The van der Waals surface area contributed by atoms with E-state index >= 15 is 0 Å². The minimum atomic E-state index is -1.02. The zero-order valence-corrected chi connectivity index (χ0v) is 23.2. The number of methoxy groups -OCH3 is 2. The smallest absolute Gasteiger partial charge is 0.309 e. The summed E-state index contributed by atoms with van der Waals surface area (Å²) >= 11 is 0. The minimum Gasteiger partial charge on any atom is -0.508 e. The summed E-state index contributed by atoms with van der Waals surface area (Å²) in [6.07, 6.45) is 3.23. The molecule has 1 aliphatic heterocycles. The van der Waals surface area contributed by atoms with Gasteiger partial charge in [0.2, 0.25) is 12.2 Å². The van der Waals surface area contributed by atoms with E-state index in [0.717, 1.165) is 24.6 Å². The lowest BCUT2D eigenvalue weighted by molar-refractivity contribution is -0.145. The Balaban J connectivity index is 1.34. The summed E-state index contributed by atoms with van der Waals surface area (Å²) in [5.74, 6) is -0.512. The standard InChI is InChI=1S/C30H34FN3O7/c1-16(29(37)39-3)26(18-5-6-18)19-7-4-17(24(36)12-19)8-9-23(35)22-15-33-27(28(34-22)30-40-10-11-41-30)20-13-25(38-2)32-14-21(20)31/h4,7,12-16,18,23,26,30,35-36H,5-6,8-11H2,1-3H3/t16-,23?,26-/m0/s1. The van der Waals surface area contributed by atoms with Crippen molar-refractivity contribution in [3.05, 3.63) is 65.0 Å². The molecule has 1 aromatic carbocycles. The number of aromatic hydroxyl groups is 1. The van der Waals surface area contributed by atoms with Crippen molar-refractivity contribution in [3.8, 4) is 22.9 Å². The maximum absolute atomic E-state index is 14.7. The van der Waals surface area contributed by atoms with E-state index in [4.69, 9.17) is 18.9 Å². The van der Waals surface area contributed by atoms with Crippen LogP contribution in [0.2, 0.25) is 0 Å². The first kappa shape index (κ1) is 28.8. The van der Waals surface area contributed by atoms with E-state index in [1.807, 2.05) is 19.1 Å². The number of phenols is 1. The molecule has 3 aromatic rings. The van der Waals surface area contributed by atoms with Crippen molar-refractivity contribution in [2.24, 2.45) is 11.8 Å². The largest absolute Gasteiger partial charge is 0.508 e. The summed E-state index contributed by atoms with van der Waals surface area (Å²) < 4.78 is 36.1. The Bertz CT molecular complexity index is 1390. The van der Waals surface area contributed by atoms with Crippen molar-refractivity contribution >= 4 is 5.97 Å². The number of aliphatic hydroxyl groups excluding tert-OH is 1. The molecular formula is C30H34FN3O7. The molecule has 0 radical (unpaired) electrons. The lowest BCUT2D eigenvalue weighted by atomic mass is 9.82. The molecule has 1 aliphatic carbocycles. The Kier molecular flexibility index (Phi) is 8.77. The quantitative estimate of drug-likeness (QED) is 0.321. The molecule has 218 valence electrons. The Morgan fingerprint density at radius 1 is 1.15 bits per heavy atom. The lowest BCUT2D eigenvalue weighted by Crippen LogP contribution is -2.22. The zero-order valence-electron chi connectivity index (χ0n) is 23.2. The number of ether oxygens (including phenoxy) is 4. The van der Waals surface area contributed by atoms with Gasteiger partial charge in [0.15, 0.2) is 5.82 Å². The van der Waals surface area contributed by atoms with Crippen LogP contribution < -0.4 is 4.74 Å². The van der Waals surface area contributed by atoms with Gasteiger partial charge in [-0.1, -0.05) is 19.1 Å². The Morgan fingerprint density at radius 2 is 1.90 bits per heavy atom. The number of hydrogen-bond acceptors (Lipinski definition) is 10. The molecule has 2 aliphatic rings. The van der Waals surface area contributed by atoms with Gasteiger partial charge in [0.1, 0.15) is 17.1 Å². The van der Waals surface area contributed by atoms with E-state index in [1.54, 1.807) is 6.07 Å². The third-order valence-electron chi connectivity index (χ3n) is 7.72. The zero-order chi connectivity index (χ0) is 29.1. The summed E-state index contributed by atoms with van der Waals surface area (Å²) in [7, 11) is 2.82. The Labute approximate surface area is 237 Å². The van der Waals surface area contributed by atoms with Gasteiger partial charge in [0.05, 0.1) is 57.5 Å². The number of esters is 1. The predicted octanol–water partition coefficient (Wildman–Crippen LogP) is 4.41. The Hall–Kier alpha value is -3.67. The number of nitrogens with zero attached hydrogens (tertiary/aromatic N) is 3. The second-order valence-corrected chi connectivity index (χ2v) is 10.4. The minimum absolute atomic E-state index is 0.0228. The average Bonchev–Trinajstić information content (AvgIpc) is 3.66. The molecule has 2 aromatic heterocycles. The van der Waals surface area contributed by atoms with Gasteiger partial charge in [-0.15, -0.1) is 0 Å². The third kappa shape index (κ3) is 6.32. The molecule has 11 heteroatoms. The number of aromatic nitrogens is 3. The fourth-order valence-electron chi connectivity index (χ4n) is 5.38. The molecule has 10 nitrogen and oxygen atoms in total. The maximum Gasteiger partial charge on any atom is 0.309 e. The number of phenolic OH excluding ortho intramolecular Hbond substituents is 1. The lowest BCUT2D eigenvalue weighted by Gasteiger charge is -2.23. The second kappa shape index (κ2) is 12.5. The first-order valence-electron chi connectivity index (χ1n) is 13.7. The van der Waals surface area contributed by atoms with E-state index in [1.165, 1.54) is 26.5 Å². The Morgan fingerprint density at radius 3 is 2.56 bits per heavy atom. The number of pyridine rings is 1. The molecule has 1 saturated heterocycles. The summed E-state index contributed by atoms with van der Waals surface area (Å²) in [4.78, 5) is 25.1. The number of aliphatic hydroxyl groups is 1. The summed E-state index contributed by atoms with van der Waals surface area (Å²) in [5.41, 5.74) is 2.38. The molecule has 2 N–H and O–H groups in total. The molecule has 3 atom stereocenters. The number of benzene rings is 1. The van der Waals surface area contributed by atoms with Crippen LogP contribution in [-0.2, 0) is 25.4 Å². The first-order valence-corrected chi connectivity index (χ1v) is 13.7. The third-order valence-corrected chi connectivity index (χ3v) is 7.72. The number of hydrogen-bond donors (Lipinski definition) is 2. The molecule has 0 amide bonds. The van der Waals surface area contributed by atoms with Crippen LogP contribution in [0.15, 0.2) is 36.7 Å². The molecule has 41 heavy (non-hydrogen) atoms. The monoisotopic (exact) mass is 567 g/mol. The van der Waals surface area contributed by atoms with Crippen LogP contribution in [0.1, 0.15) is 67.0 Å². The molecule has 2 fully saturated rings. The highest BCUT2D eigenvalue weighted by Gasteiger charge is 2.39. The van der Waals surface area contributed by atoms with Gasteiger partial charge < -0.3 is 29.2 Å². The van der Waals surface area contributed by atoms with Gasteiger partial charge in [-0.2, -0.15) is 0 Å². The molecular weight excluding hydrogens is 533 g/mol. The van der Waals surface area contributed by atoms with Crippen LogP contribution in [0.25, 0.3) is 11.3 Å². The molecule has 5 rings (SSSR count). The fourth-order valence-corrected chi connectivity index (χ4v) is 5.38. The van der Waals surface area contributed by atoms with Gasteiger partial charge in [-0.25, -0.2) is 14.4 Å². The average molecular weight is 568 g/mol. The van der Waals surface area contributed by atoms with Crippen molar-refractivity contribution in [1.82, 2.24) is 15.0 Å². The predicted molar refractivity (Wildman–Crippen MR) is 144 cm³/mol. The van der Waals surface area contributed by atoms with Gasteiger partial charge in [0, 0.05) is 11.6 Å². The number of aryl methyl sites for hydroxylation is 1. The summed E-state index contributed by atoms with van der Waals surface area (Å²) in [5, 5.41) is 21.8. The summed E-state index contributed by atoms with van der Waals surface area (Å²) in [6, 6.07) is 6.89. The fraction of sp³-hybridized carbons (Fsp3) is 0.467. The van der Waals surface area contributed by atoms with E-state index < -0.39 is 18.2 Å². The number of carbonyl (C=O) groups is 1. The van der Waals surface area contributed by atoms with E-state index in [2.05, 4.69) is 15.0 Å². The van der Waals surface area contributed by atoms with Crippen LogP contribution in [-0.4, -0.2) is 58.6 Å². The van der Waals surface area contributed by atoms with Gasteiger partial charge in [-0.3, -0.25) is 9.78 Å². The molecule has 0 spiro atoms. The molecule has 1 unspecified atom stereocenters. The van der Waals surface area contributed by atoms with Crippen LogP contribution in [0.5, 0.6) is 11.6 Å². The highest BCUT2D eigenvalue weighted by Crippen LogP contribution is 2.47. The van der Waals surface area contributed by atoms with Gasteiger partial charge >= 0.3 is 5.97 Å². The normalized spacial score (nSPS) is 17.7. The SMILES string of the molecule is COC(=O)[C@@H](C)[C@H](c1ccc(CCC(O)c2cnc(-c3cc(OC)ncc3F)c(C3OCCO3)n2)c(O)c1)C1CC1. The van der Waals surface area contributed by atoms with Crippen molar-refractivity contribution in [2.75, 3.05) is 27.4 Å². The van der Waals surface area contributed by atoms with E-state index in [-0.39, 0.29) is 58.5 Å². The van der Waals surface area contributed by atoms with E-state index in [9.17, 15) is 19.4 Å².